The summed E-state index contributed by atoms with van der Waals surface area (Å²) in [7, 11) is 0. The fourth-order valence-corrected chi connectivity index (χ4v) is 1.49. The lowest BCUT2D eigenvalue weighted by atomic mass is 10.1. The molecule has 94 valence electrons. The third-order valence-corrected chi connectivity index (χ3v) is 2.48. The van der Waals surface area contributed by atoms with E-state index in [0.29, 0.717) is 5.56 Å². The van der Waals surface area contributed by atoms with Gasteiger partial charge in [0.2, 0.25) is 0 Å². The van der Waals surface area contributed by atoms with Crippen LogP contribution in [-0.2, 0) is 11.3 Å². The molecule has 0 saturated heterocycles. The number of phenolic OH excluding ortho intramolecular Hbond substituents is 1. The number of aliphatic carboxylic acids is 1. The number of carboxylic acids is 1. The predicted molar refractivity (Wildman–Crippen MR) is 61.2 cm³/mol. The van der Waals surface area contributed by atoms with Crippen molar-refractivity contribution in [1.29, 1.82) is 0 Å². The molecule has 4 nitrogen and oxygen atoms in total. The van der Waals surface area contributed by atoms with Crippen LogP contribution >= 0.6 is 0 Å². The molecule has 17 heavy (non-hydrogen) atoms. The fourth-order valence-electron chi connectivity index (χ4n) is 1.49. The first kappa shape index (κ1) is 13.4. The van der Waals surface area contributed by atoms with Crippen molar-refractivity contribution < 1.29 is 19.4 Å². The first-order valence-electron chi connectivity index (χ1n) is 5.33. The molecular formula is C12H16FNO3. The van der Waals surface area contributed by atoms with Gasteiger partial charge >= 0.3 is 5.97 Å². The molecule has 0 atom stereocenters. The van der Waals surface area contributed by atoms with Crippen molar-refractivity contribution in [2.75, 3.05) is 6.54 Å². The first-order chi connectivity index (χ1) is 7.90. The van der Waals surface area contributed by atoms with Crippen LogP contribution < -0.4 is 0 Å². The molecule has 2 N–H and O–H groups in total. The van der Waals surface area contributed by atoms with Crippen molar-refractivity contribution in [2.45, 2.75) is 26.4 Å². The second-order valence-electron chi connectivity index (χ2n) is 4.17. The zero-order valence-electron chi connectivity index (χ0n) is 9.85. The van der Waals surface area contributed by atoms with Crippen LogP contribution in [0.3, 0.4) is 0 Å². The summed E-state index contributed by atoms with van der Waals surface area (Å²) >= 11 is 0. The average molecular weight is 241 g/mol. The number of hydrogen-bond donors (Lipinski definition) is 2. The quantitative estimate of drug-likeness (QED) is 0.825. The summed E-state index contributed by atoms with van der Waals surface area (Å²) in [6, 6.07) is 3.64. The minimum Gasteiger partial charge on any atom is -0.508 e. The number of carboxylic acid groups (broad SMARTS) is 1. The SMILES string of the molecule is CC(C)N(CC(=O)O)Cc1cc(F)ccc1O. The van der Waals surface area contributed by atoms with Gasteiger partial charge in [0.25, 0.3) is 0 Å². The molecular weight excluding hydrogens is 225 g/mol. The Kier molecular flexibility index (Phi) is 4.45. The summed E-state index contributed by atoms with van der Waals surface area (Å²) < 4.78 is 13.0. The van der Waals surface area contributed by atoms with Gasteiger partial charge in [0, 0.05) is 18.2 Å². The Labute approximate surface area is 99.3 Å². The first-order valence-corrected chi connectivity index (χ1v) is 5.33. The smallest absolute Gasteiger partial charge is 0.317 e. The largest absolute Gasteiger partial charge is 0.508 e. The van der Waals surface area contributed by atoms with Crippen molar-refractivity contribution >= 4 is 5.97 Å². The van der Waals surface area contributed by atoms with Gasteiger partial charge in [-0.15, -0.1) is 0 Å². The Bertz CT molecular complexity index is 407. The molecule has 0 radical (unpaired) electrons. The molecule has 0 spiro atoms. The number of halogens is 1. The summed E-state index contributed by atoms with van der Waals surface area (Å²) in [5.74, 6) is -1.42. The maximum atomic E-state index is 13.0. The van der Waals surface area contributed by atoms with Gasteiger partial charge in [0.05, 0.1) is 6.54 Å². The van der Waals surface area contributed by atoms with E-state index in [1.54, 1.807) is 4.90 Å². The number of rotatable bonds is 5. The Hall–Kier alpha value is -1.62. The molecule has 0 bridgehead atoms. The second kappa shape index (κ2) is 5.63. The minimum absolute atomic E-state index is 0.00577. The van der Waals surface area contributed by atoms with Crippen LogP contribution in [-0.4, -0.2) is 33.7 Å². The van der Waals surface area contributed by atoms with Gasteiger partial charge in [-0.25, -0.2) is 4.39 Å². The number of aromatic hydroxyl groups is 1. The summed E-state index contributed by atoms with van der Waals surface area (Å²) in [6.07, 6.45) is 0. The van der Waals surface area contributed by atoms with Crippen LogP contribution in [0.5, 0.6) is 5.75 Å². The van der Waals surface area contributed by atoms with Crippen molar-refractivity contribution in [2.24, 2.45) is 0 Å². The van der Waals surface area contributed by atoms with E-state index in [0.717, 1.165) is 6.07 Å². The molecule has 0 aliphatic heterocycles. The van der Waals surface area contributed by atoms with Gasteiger partial charge in [0.15, 0.2) is 0 Å². The maximum absolute atomic E-state index is 13.0. The molecule has 0 fully saturated rings. The Balaban J connectivity index is 2.85. The molecule has 0 heterocycles. The summed E-state index contributed by atoms with van der Waals surface area (Å²) in [5.41, 5.74) is 0.389. The molecule has 1 aromatic rings. The average Bonchev–Trinajstić information content (AvgIpc) is 2.21. The molecule has 0 saturated carbocycles. The predicted octanol–water partition coefficient (Wildman–Crippen LogP) is 1.83. The van der Waals surface area contributed by atoms with E-state index in [1.807, 2.05) is 13.8 Å². The lowest BCUT2D eigenvalue weighted by molar-refractivity contribution is -0.138. The molecule has 0 aromatic heterocycles. The van der Waals surface area contributed by atoms with Gasteiger partial charge in [-0.2, -0.15) is 0 Å². The highest BCUT2D eigenvalue weighted by molar-refractivity contribution is 5.69. The lowest BCUT2D eigenvalue weighted by Crippen LogP contribution is -2.35. The van der Waals surface area contributed by atoms with Gasteiger partial charge in [-0.3, -0.25) is 9.69 Å². The van der Waals surface area contributed by atoms with Crippen LogP contribution in [0.1, 0.15) is 19.4 Å². The molecule has 1 aromatic carbocycles. The standard InChI is InChI=1S/C12H16FNO3/c1-8(2)14(7-12(16)17)6-9-5-10(13)3-4-11(9)15/h3-5,8,15H,6-7H2,1-2H3,(H,16,17). The summed E-state index contributed by atoms with van der Waals surface area (Å²) in [6.45, 7) is 3.75. The van der Waals surface area contributed by atoms with Crippen LogP contribution in [0.4, 0.5) is 4.39 Å². The van der Waals surface area contributed by atoms with Gasteiger partial charge in [-0.05, 0) is 32.0 Å². The molecule has 0 unspecified atom stereocenters. The van der Waals surface area contributed by atoms with Crippen LogP contribution in [0.15, 0.2) is 18.2 Å². The van der Waals surface area contributed by atoms with E-state index < -0.39 is 11.8 Å². The number of carbonyl (C=O) groups is 1. The van der Waals surface area contributed by atoms with Crippen molar-refractivity contribution in [3.05, 3.63) is 29.6 Å². The maximum Gasteiger partial charge on any atom is 0.317 e. The van der Waals surface area contributed by atoms with Crippen molar-refractivity contribution in [1.82, 2.24) is 4.90 Å². The highest BCUT2D eigenvalue weighted by atomic mass is 19.1. The number of hydrogen-bond acceptors (Lipinski definition) is 3. The zero-order chi connectivity index (χ0) is 13.0. The molecule has 1 rings (SSSR count). The summed E-state index contributed by atoms with van der Waals surface area (Å²) in [4.78, 5) is 12.3. The monoisotopic (exact) mass is 241 g/mol. The fraction of sp³-hybridized carbons (Fsp3) is 0.417. The van der Waals surface area contributed by atoms with E-state index >= 15 is 0 Å². The van der Waals surface area contributed by atoms with Crippen molar-refractivity contribution in [3.8, 4) is 5.75 Å². The highest BCUT2D eigenvalue weighted by Crippen LogP contribution is 2.20. The molecule has 0 aliphatic rings. The Morgan fingerprint density at radius 1 is 1.47 bits per heavy atom. The van der Waals surface area contributed by atoms with E-state index in [1.165, 1.54) is 12.1 Å². The van der Waals surface area contributed by atoms with E-state index in [4.69, 9.17) is 5.11 Å². The van der Waals surface area contributed by atoms with E-state index in [2.05, 4.69) is 0 Å². The lowest BCUT2D eigenvalue weighted by Gasteiger charge is -2.24. The molecule has 0 amide bonds. The Morgan fingerprint density at radius 3 is 2.65 bits per heavy atom. The Morgan fingerprint density at radius 2 is 2.12 bits per heavy atom. The minimum atomic E-state index is -0.949. The van der Waals surface area contributed by atoms with Crippen LogP contribution in [0, 0.1) is 5.82 Å². The van der Waals surface area contributed by atoms with Crippen molar-refractivity contribution in [3.63, 3.8) is 0 Å². The molecule has 0 aliphatic carbocycles. The van der Waals surface area contributed by atoms with Crippen LogP contribution in [0.2, 0.25) is 0 Å². The highest BCUT2D eigenvalue weighted by Gasteiger charge is 2.15. The number of phenols is 1. The second-order valence-corrected chi connectivity index (χ2v) is 4.17. The van der Waals surface area contributed by atoms with E-state index in [9.17, 15) is 14.3 Å². The third-order valence-electron chi connectivity index (χ3n) is 2.48. The zero-order valence-corrected chi connectivity index (χ0v) is 9.85. The topological polar surface area (TPSA) is 60.8 Å². The van der Waals surface area contributed by atoms with Crippen LogP contribution in [0.25, 0.3) is 0 Å². The summed E-state index contributed by atoms with van der Waals surface area (Å²) in [5, 5.41) is 18.3. The van der Waals surface area contributed by atoms with Gasteiger partial charge in [0.1, 0.15) is 11.6 Å². The number of benzene rings is 1. The van der Waals surface area contributed by atoms with Gasteiger partial charge in [-0.1, -0.05) is 0 Å². The number of nitrogens with zero attached hydrogens (tertiary/aromatic N) is 1. The van der Waals surface area contributed by atoms with E-state index in [-0.39, 0.29) is 24.9 Å². The molecule has 5 heteroatoms. The third kappa shape index (κ3) is 4.03. The normalized spacial score (nSPS) is 11.1. The van der Waals surface area contributed by atoms with Gasteiger partial charge < -0.3 is 10.2 Å².